The molecule has 15 heteroatoms. The number of fused-ring (bicyclic) bond motifs is 1. The molecule has 7 rings (SSSR count). The largest absolute Gasteiger partial charge is 0.494 e. The number of nitrogens with zero attached hydrogens (tertiary/aromatic N) is 4. The second-order valence-corrected chi connectivity index (χ2v) is 19.4. The lowest BCUT2D eigenvalue weighted by Gasteiger charge is -2.34. The summed E-state index contributed by atoms with van der Waals surface area (Å²) >= 11 is 6.47. The maximum absolute atomic E-state index is 13.1. The minimum Gasteiger partial charge on any atom is -0.494 e. The van der Waals surface area contributed by atoms with Crippen LogP contribution in [0.5, 0.6) is 5.75 Å². The Balaban J connectivity index is 0.817. The lowest BCUT2D eigenvalue weighted by Crippen LogP contribution is -2.52. The van der Waals surface area contributed by atoms with Crippen molar-refractivity contribution in [3.63, 3.8) is 0 Å². The first-order chi connectivity index (χ1) is 29.0. The van der Waals surface area contributed by atoms with E-state index in [1.165, 1.54) is 6.20 Å². The first-order valence-corrected chi connectivity index (χ1v) is 23.6. The number of carbonyl (C=O) groups is 3. The molecule has 4 N–H and O–H groups in total. The molecule has 1 unspecified atom stereocenters. The molecule has 60 heavy (non-hydrogen) atoms. The van der Waals surface area contributed by atoms with Crippen molar-refractivity contribution in [2.45, 2.75) is 76.4 Å². The number of amides is 3. The third-order valence-electron chi connectivity index (χ3n) is 11.2. The number of anilines is 5. The standard InChI is InChI=1S/C45H52ClN8O5P/c1-59-39-27-32(18-19-36(39)50-45-48-28-35(46)42(52-45)49-37-16-9-10-17-40(37)60(2,3)58)53-25-22-31(23-26-53)47-24-11-7-5-4-6-8-13-30-14-12-15-33-34(30)29-54(44(33)57)38-20-21-41(55)51-43(38)56/h9-10,12,14-19,27-28,31,38,47H,4-7,11,20-26,29H2,1-3H3,(H,51,55,56)(H2,48,49,50,52). The number of unbranched alkanes of at least 4 members (excludes halogenated alkanes) is 4. The molecular weight excluding hydrogens is 799 g/mol. The SMILES string of the molecule is COc1cc(N2CCC(NCCCCCCC#Cc3cccc4c3CN(C3CCC(=O)NC3=O)C4=O)CC2)ccc1Nc1ncc(Cl)c(Nc2ccccc2P(C)(C)=O)n1. The molecular formula is C45H52ClN8O5P. The Morgan fingerprint density at radius 1 is 0.950 bits per heavy atom. The maximum atomic E-state index is 13.1. The summed E-state index contributed by atoms with van der Waals surface area (Å²) < 4.78 is 18.7. The lowest BCUT2D eigenvalue weighted by molar-refractivity contribution is -0.136. The number of aromatic nitrogens is 2. The van der Waals surface area contributed by atoms with Crippen LogP contribution in [0.3, 0.4) is 0 Å². The van der Waals surface area contributed by atoms with Gasteiger partial charge in [-0.05, 0) is 93.9 Å². The van der Waals surface area contributed by atoms with Gasteiger partial charge in [0.1, 0.15) is 24.0 Å². The minimum absolute atomic E-state index is 0.176. The average Bonchev–Trinajstić information content (AvgIpc) is 3.57. The second kappa shape index (κ2) is 19.3. The van der Waals surface area contributed by atoms with Crippen LogP contribution < -0.4 is 36.2 Å². The smallest absolute Gasteiger partial charge is 0.255 e. The summed E-state index contributed by atoms with van der Waals surface area (Å²) in [6, 6.07) is 19.0. The van der Waals surface area contributed by atoms with E-state index >= 15 is 0 Å². The number of nitrogens with one attached hydrogen (secondary N) is 4. The highest BCUT2D eigenvalue weighted by Crippen LogP contribution is 2.39. The molecule has 3 aliphatic rings. The molecule has 1 atom stereocenters. The molecule has 0 saturated carbocycles. The van der Waals surface area contributed by atoms with Gasteiger partial charge < -0.3 is 35.1 Å². The molecule has 314 valence electrons. The molecule has 4 heterocycles. The number of methoxy groups -OCH3 is 1. The summed E-state index contributed by atoms with van der Waals surface area (Å²) in [6.07, 6.45) is 9.39. The first-order valence-electron chi connectivity index (χ1n) is 20.6. The van der Waals surface area contributed by atoms with Crippen LogP contribution in [0.15, 0.2) is 66.9 Å². The van der Waals surface area contributed by atoms with Crippen LogP contribution in [0.25, 0.3) is 0 Å². The molecule has 4 aromatic rings. The number of carbonyl (C=O) groups excluding carboxylic acids is 3. The predicted octanol–water partition coefficient (Wildman–Crippen LogP) is 7.20. The Labute approximate surface area is 356 Å². The number of imide groups is 1. The van der Waals surface area contributed by atoms with E-state index < -0.39 is 19.1 Å². The van der Waals surface area contributed by atoms with Gasteiger partial charge in [0.15, 0.2) is 5.82 Å². The number of piperidine rings is 2. The van der Waals surface area contributed by atoms with Gasteiger partial charge in [-0.15, -0.1) is 0 Å². The van der Waals surface area contributed by atoms with Gasteiger partial charge in [0.2, 0.25) is 17.8 Å². The summed E-state index contributed by atoms with van der Waals surface area (Å²) in [5, 5.41) is 13.7. The number of halogens is 1. The van der Waals surface area contributed by atoms with Gasteiger partial charge in [0, 0.05) is 66.7 Å². The van der Waals surface area contributed by atoms with E-state index in [9.17, 15) is 18.9 Å². The van der Waals surface area contributed by atoms with E-state index in [4.69, 9.17) is 16.3 Å². The molecule has 3 amide bonds. The fourth-order valence-electron chi connectivity index (χ4n) is 7.99. The number of benzene rings is 3. The summed E-state index contributed by atoms with van der Waals surface area (Å²) in [5.41, 5.74) is 4.79. The fourth-order valence-corrected chi connectivity index (χ4v) is 9.29. The summed E-state index contributed by atoms with van der Waals surface area (Å²) in [4.78, 5) is 50.0. The highest BCUT2D eigenvalue weighted by atomic mass is 35.5. The van der Waals surface area contributed by atoms with Crippen molar-refractivity contribution >= 4 is 70.6 Å². The maximum Gasteiger partial charge on any atom is 0.255 e. The van der Waals surface area contributed by atoms with Crippen LogP contribution in [0.2, 0.25) is 5.02 Å². The van der Waals surface area contributed by atoms with Crippen molar-refractivity contribution in [2.75, 3.05) is 55.6 Å². The molecule has 2 saturated heterocycles. The van der Waals surface area contributed by atoms with Gasteiger partial charge in [-0.1, -0.05) is 54.5 Å². The van der Waals surface area contributed by atoms with Gasteiger partial charge in [-0.3, -0.25) is 19.7 Å². The molecule has 3 aromatic carbocycles. The predicted molar refractivity (Wildman–Crippen MR) is 238 cm³/mol. The number of hydrogen-bond acceptors (Lipinski definition) is 11. The highest BCUT2D eigenvalue weighted by molar-refractivity contribution is 7.70. The summed E-state index contributed by atoms with van der Waals surface area (Å²) in [5.74, 6) is 7.12. The monoisotopic (exact) mass is 850 g/mol. The van der Waals surface area contributed by atoms with Crippen LogP contribution >= 0.6 is 18.7 Å². The van der Waals surface area contributed by atoms with Crippen LogP contribution in [0.1, 0.15) is 79.3 Å². The average molecular weight is 851 g/mol. The third kappa shape index (κ3) is 10.3. The van der Waals surface area contributed by atoms with Gasteiger partial charge in [0.05, 0.1) is 24.7 Å². The van der Waals surface area contributed by atoms with Crippen molar-refractivity contribution in [1.29, 1.82) is 0 Å². The number of hydrogen-bond donors (Lipinski definition) is 4. The topological polar surface area (TPSA) is 158 Å². The van der Waals surface area contributed by atoms with Gasteiger partial charge in [-0.25, -0.2) is 4.98 Å². The Morgan fingerprint density at radius 3 is 2.53 bits per heavy atom. The van der Waals surface area contributed by atoms with Crippen LogP contribution in [-0.4, -0.2) is 84.7 Å². The Bertz CT molecular complexity index is 2350. The highest BCUT2D eigenvalue weighted by Gasteiger charge is 2.39. The lowest BCUT2D eigenvalue weighted by atomic mass is 10.0. The molecule has 0 spiro atoms. The van der Waals surface area contributed by atoms with Crippen molar-refractivity contribution < 1.29 is 23.7 Å². The first kappa shape index (κ1) is 42.7. The van der Waals surface area contributed by atoms with E-state index in [-0.39, 0.29) is 18.2 Å². The van der Waals surface area contributed by atoms with Crippen LogP contribution in [-0.2, 0) is 20.7 Å². The van der Waals surface area contributed by atoms with Crippen LogP contribution in [0.4, 0.5) is 28.8 Å². The van der Waals surface area contributed by atoms with Crippen LogP contribution in [0, 0.1) is 11.8 Å². The second-order valence-electron chi connectivity index (χ2n) is 15.8. The van der Waals surface area contributed by atoms with Crippen molar-refractivity contribution in [3.05, 3.63) is 88.6 Å². The van der Waals surface area contributed by atoms with Crippen molar-refractivity contribution in [2.24, 2.45) is 0 Å². The quantitative estimate of drug-likeness (QED) is 0.0415. The zero-order chi connectivity index (χ0) is 42.2. The minimum atomic E-state index is -2.54. The molecule has 0 aliphatic carbocycles. The van der Waals surface area contributed by atoms with Gasteiger partial charge in [-0.2, -0.15) is 4.98 Å². The number of para-hydroxylation sites is 1. The Morgan fingerprint density at radius 2 is 1.75 bits per heavy atom. The molecule has 2 fully saturated rings. The van der Waals surface area contributed by atoms with E-state index in [0.717, 1.165) is 92.4 Å². The van der Waals surface area contributed by atoms with Gasteiger partial charge >= 0.3 is 0 Å². The zero-order valence-corrected chi connectivity index (χ0v) is 36.0. The summed E-state index contributed by atoms with van der Waals surface area (Å²) in [6.45, 7) is 6.68. The fraction of sp³-hybridized carbons (Fsp3) is 0.400. The van der Waals surface area contributed by atoms with Crippen molar-refractivity contribution in [3.8, 4) is 17.6 Å². The molecule has 3 aliphatic heterocycles. The molecule has 1 aromatic heterocycles. The Hall–Kier alpha value is -5.41. The summed E-state index contributed by atoms with van der Waals surface area (Å²) in [7, 11) is -0.895. The molecule has 0 radical (unpaired) electrons. The Kier molecular flexibility index (Phi) is 13.8. The zero-order valence-electron chi connectivity index (χ0n) is 34.4. The van der Waals surface area contributed by atoms with E-state index in [2.05, 4.69) is 54.0 Å². The van der Waals surface area contributed by atoms with Crippen molar-refractivity contribution in [1.82, 2.24) is 25.5 Å². The number of rotatable bonds is 15. The third-order valence-corrected chi connectivity index (χ3v) is 13.1. The molecule has 0 bridgehead atoms. The van der Waals surface area contributed by atoms with Gasteiger partial charge in [0.25, 0.3) is 5.91 Å². The van der Waals surface area contributed by atoms with E-state index in [1.54, 1.807) is 31.4 Å². The molecule has 13 nitrogen and oxygen atoms in total. The number of ether oxygens (including phenoxy) is 1. The van der Waals surface area contributed by atoms with E-state index in [0.29, 0.717) is 52.8 Å². The van der Waals surface area contributed by atoms with E-state index in [1.807, 2.05) is 48.5 Å². The normalized spacial score (nSPS) is 16.9.